The molecule has 128 valence electrons. The maximum atomic E-state index is 12.7. The van der Waals surface area contributed by atoms with Gasteiger partial charge in [-0.15, -0.1) is 0 Å². The van der Waals surface area contributed by atoms with E-state index in [2.05, 4.69) is 4.72 Å². The van der Waals surface area contributed by atoms with Crippen molar-refractivity contribution in [3.8, 4) is 5.75 Å². The van der Waals surface area contributed by atoms with Crippen molar-refractivity contribution in [1.82, 2.24) is 4.72 Å². The molecule has 1 saturated heterocycles. The molecule has 1 N–H and O–H groups in total. The van der Waals surface area contributed by atoms with Crippen LogP contribution in [-0.4, -0.2) is 40.4 Å². The molecule has 1 unspecified atom stereocenters. The second kappa shape index (κ2) is 7.29. The van der Waals surface area contributed by atoms with Gasteiger partial charge in [-0.3, -0.25) is 9.52 Å². The van der Waals surface area contributed by atoms with Crippen molar-refractivity contribution in [2.75, 3.05) is 26.1 Å². The van der Waals surface area contributed by atoms with Crippen LogP contribution in [0.5, 0.6) is 5.75 Å². The van der Waals surface area contributed by atoms with E-state index in [9.17, 15) is 13.2 Å². The predicted molar refractivity (Wildman–Crippen MR) is 83.4 cm³/mol. The van der Waals surface area contributed by atoms with E-state index in [0.717, 1.165) is 0 Å². The van der Waals surface area contributed by atoms with Crippen LogP contribution in [-0.2, 0) is 30.0 Å². The standard InChI is InChI=1S/C15H21NO6S/c1-3-9-23(18,19)16-14(17)15(7-8-21-22-11-15)12-5-4-6-13(10-12)20-2/h4-6,10H,3,7-9,11H2,1-2H3,(H,16,17). The molecule has 0 saturated carbocycles. The molecular weight excluding hydrogens is 322 g/mol. The van der Waals surface area contributed by atoms with E-state index >= 15 is 0 Å². The molecule has 7 nitrogen and oxygen atoms in total. The molecule has 8 heteroatoms. The molecular formula is C15H21NO6S. The molecule has 0 spiro atoms. The molecule has 1 aliphatic heterocycles. The van der Waals surface area contributed by atoms with E-state index in [1.54, 1.807) is 31.2 Å². The Morgan fingerprint density at radius 1 is 1.39 bits per heavy atom. The van der Waals surface area contributed by atoms with Crippen molar-refractivity contribution < 1.29 is 27.7 Å². The van der Waals surface area contributed by atoms with Crippen molar-refractivity contribution in [2.24, 2.45) is 0 Å². The number of benzene rings is 1. The molecule has 1 aliphatic rings. The lowest BCUT2D eigenvalue weighted by Crippen LogP contribution is -2.52. The molecule has 1 amide bonds. The van der Waals surface area contributed by atoms with Gasteiger partial charge in [0.1, 0.15) is 17.8 Å². The topological polar surface area (TPSA) is 90.9 Å². The lowest BCUT2D eigenvalue weighted by atomic mass is 9.77. The van der Waals surface area contributed by atoms with Crippen molar-refractivity contribution in [2.45, 2.75) is 25.2 Å². The Morgan fingerprint density at radius 3 is 2.78 bits per heavy atom. The number of ether oxygens (including phenoxy) is 1. The summed E-state index contributed by atoms with van der Waals surface area (Å²) < 4.78 is 31.3. The number of rotatable bonds is 6. The van der Waals surface area contributed by atoms with E-state index in [4.69, 9.17) is 14.5 Å². The normalized spacial score (nSPS) is 21.7. The molecule has 2 rings (SSSR count). The van der Waals surface area contributed by atoms with Crippen LogP contribution >= 0.6 is 0 Å². The van der Waals surface area contributed by atoms with Crippen molar-refractivity contribution in [3.05, 3.63) is 29.8 Å². The van der Waals surface area contributed by atoms with E-state index in [1.165, 1.54) is 7.11 Å². The zero-order valence-electron chi connectivity index (χ0n) is 13.2. The molecule has 1 fully saturated rings. The lowest BCUT2D eigenvalue weighted by Gasteiger charge is -2.35. The second-order valence-corrected chi connectivity index (χ2v) is 7.24. The van der Waals surface area contributed by atoms with Gasteiger partial charge in [0.15, 0.2) is 0 Å². The van der Waals surface area contributed by atoms with Crippen LogP contribution in [0.3, 0.4) is 0 Å². The van der Waals surface area contributed by atoms with Crippen LogP contribution in [0.1, 0.15) is 25.3 Å². The van der Waals surface area contributed by atoms with Crippen LogP contribution in [0, 0.1) is 0 Å². The highest BCUT2D eigenvalue weighted by Crippen LogP contribution is 2.34. The van der Waals surface area contributed by atoms with Gasteiger partial charge in [0, 0.05) is 0 Å². The first kappa shape index (κ1) is 17.7. The Balaban J connectivity index is 2.37. The van der Waals surface area contributed by atoms with Gasteiger partial charge >= 0.3 is 0 Å². The fourth-order valence-electron chi connectivity index (χ4n) is 2.51. The molecule has 23 heavy (non-hydrogen) atoms. The average Bonchev–Trinajstić information content (AvgIpc) is 2.55. The zero-order chi connectivity index (χ0) is 16.9. The molecule has 0 aliphatic carbocycles. The average molecular weight is 343 g/mol. The first-order valence-electron chi connectivity index (χ1n) is 7.37. The Labute approximate surface area is 135 Å². The minimum Gasteiger partial charge on any atom is -0.497 e. The highest BCUT2D eigenvalue weighted by atomic mass is 32.2. The number of amides is 1. The Morgan fingerprint density at radius 2 is 2.17 bits per heavy atom. The van der Waals surface area contributed by atoms with Crippen LogP contribution in [0.2, 0.25) is 0 Å². The number of hydrogen-bond acceptors (Lipinski definition) is 6. The Bertz CT molecular complexity index is 652. The highest BCUT2D eigenvalue weighted by Gasteiger charge is 2.44. The molecule has 0 bridgehead atoms. The van der Waals surface area contributed by atoms with E-state index in [-0.39, 0.29) is 19.0 Å². The third-order valence-electron chi connectivity index (χ3n) is 3.78. The summed E-state index contributed by atoms with van der Waals surface area (Å²) in [6.45, 7) is 1.87. The predicted octanol–water partition coefficient (Wildman–Crippen LogP) is 1.14. The van der Waals surface area contributed by atoms with E-state index in [0.29, 0.717) is 24.2 Å². The smallest absolute Gasteiger partial charge is 0.246 e. The number of methoxy groups -OCH3 is 1. The van der Waals surface area contributed by atoms with E-state index < -0.39 is 21.3 Å². The maximum absolute atomic E-state index is 12.7. The Hall–Kier alpha value is -1.64. The summed E-state index contributed by atoms with van der Waals surface area (Å²) in [5.41, 5.74) is -0.502. The van der Waals surface area contributed by atoms with Gasteiger partial charge in [-0.1, -0.05) is 19.1 Å². The number of carbonyl (C=O) groups excluding carboxylic acids is 1. The zero-order valence-corrected chi connectivity index (χ0v) is 14.0. The number of sulfonamides is 1. The summed E-state index contributed by atoms with van der Waals surface area (Å²) in [5, 5.41) is 0. The first-order valence-corrected chi connectivity index (χ1v) is 9.02. The summed E-state index contributed by atoms with van der Waals surface area (Å²) in [6.07, 6.45) is 0.738. The van der Waals surface area contributed by atoms with Crippen LogP contribution in [0.25, 0.3) is 0 Å². The van der Waals surface area contributed by atoms with Gasteiger partial charge < -0.3 is 4.74 Å². The highest BCUT2D eigenvalue weighted by molar-refractivity contribution is 7.90. The van der Waals surface area contributed by atoms with Gasteiger partial charge in [-0.25, -0.2) is 18.2 Å². The molecule has 1 heterocycles. The van der Waals surface area contributed by atoms with Gasteiger partial charge in [-0.2, -0.15) is 0 Å². The minimum absolute atomic E-state index is 0.0619. The molecule has 1 atom stereocenters. The van der Waals surface area contributed by atoms with Crippen LogP contribution in [0.4, 0.5) is 0 Å². The van der Waals surface area contributed by atoms with Gasteiger partial charge in [0.2, 0.25) is 15.9 Å². The number of hydrogen-bond donors (Lipinski definition) is 1. The fraction of sp³-hybridized carbons (Fsp3) is 0.533. The van der Waals surface area contributed by atoms with Gasteiger partial charge in [0.25, 0.3) is 0 Å². The third-order valence-corrected chi connectivity index (χ3v) is 5.22. The monoisotopic (exact) mass is 343 g/mol. The quantitative estimate of drug-likeness (QED) is 0.779. The SMILES string of the molecule is CCCS(=O)(=O)NC(=O)C1(c2cccc(OC)c2)CCOOC1. The summed E-state index contributed by atoms with van der Waals surface area (Å²) in [4.78, 5) is 22.6. The maximum Gasteiger partial charge on any atom is 0.246 e. The summed E-state index contributed by atoms with van der Waals surface area (Å²) in [6, 6.07) is 6.96. The molecule has 1 aromatic carbocycles. The first-order chi connectivity index (χ1) is 10.9. The molecule has 0 radical (unpaired) electrons. The van der Waals surface area contributed by atoms with Gasteiger partial charge in [-0.05, 0) is 30.5 Å². The van der Waals surface area contributed by atoms with Crippen LogP contribution < -0.4 is 9.46 Å². The van der Waals surface area contributed by atoms with E-state index in [1.807, 2.05) is 0 Å². The number of nitrogens with one attached hydrogen (secondary N) is 1. The van der Waals surface area contributed by atoms with Crippen molar-refractivity contribution >= 4 is 15.9 Å². The third kappa shape index (κ3) is 4.01. The molecule has 0 aromatic heterocycles. The fourth-order valence-corrected chi connectivity index (χ4v) is 3.62. The second-order valence-electron chi connectivity index (χ2n) is 5.40. The largest absolute Gasteiger partial charge is 0.497 e. The van der Waals surface area contributed by atoms with Gasteiger partial charge in [0.05, 0.1) is 19.5 Å². The number of carbonyl (C=O) groups is 1. The summed E-state index contributed by atoms with van der Waals surface area (Å²) >= 11 is 0. The van der Waals surface area contributed by atoms with Crippen molar-refractivity contribution in [3.63, 3.8) is 0 Å². The lowest BCUT2D eigenvalue weighted by molar-refractivity contribution is -0.325. The summed E-state index contributed by atoms with van der Waals surface area (Å²) in [5.74, 6) is -0.135. The Kier molecular flexibility index (Phi) is 5.61. The summed E-state index contributed by atoms with van der Waals surface area (Å²) in [7, 11) is -2.14. The van der Waals surface area contributed by atoms with Crippen molar-refractivity contribution in [1.29, 1.82) is 0 Å². The molecule has 1 aromatic rings. The van der Waals surface area contributed by atoms with Crippen LogP contribution in [0.15, 0.2) is 24.3 Å². The minimum atomic E-state index is -3.67.